The van der Waals surface area contributed by atoms with Crippen LogP contribution in [0.2, 0.25) is 0 Å². The summed E-state index contributed by atoms with van der Waals surface area (Å²) in [5, 5.41) is 4.40. The van der Waals surface area contributed by atoms with Crippen molar-refractivity contribution in [3.05, 3.63) is 121 Å². The molecule has 4 nitrogen and oxygen atoms in total. The molecule has 3 aromatic heterocycles. The largest absolute Gasteiger partial charge is 0.350 e. The number of aryl methyl sites for hydroxylation is 1. The summed E-state index contributed by atoms with van der Waals surface area (Å²) in [5.74, 6) is 0.0333. The second-order valence-corrected chi connectivity index (χ2v) is 10.4. The third kappa shape index (κ3) is 4.78. The molecule has 0 saturated carbocycles. The number of thiophene rings is 1. The van der Waals surface area contributed by atoms with Gasteiger partial charge in [0.25, 0.3) is 0 Å². The summed E-state index contributed by atoms with van der Waals surface area (Å²) < 4.78 is 3.44. The highest BCUT2D eigenvalue weighted by atomic mass is 32.1. The number of carbonyl (C=O) groups is 1. The normalized spacial score (nSPS) is 12.1. The van der Waals surface area contributed by atoms with Crippen LogP contribution in [0, 0.1) is 0 Å². The first kappa shape index (κ1) is 23.2. The maximum absolute atomic E-state index is 13.0. The lowest BCUT2D eigenvalue weighted by molar-refractivity contribution is -0.121. The van der Waals surface area contributed by atoms with Crippen molar-refractivity contribution in [2.45, 2.75) is 25.8 Å². The first-order chi connectivity index (χ1) is 18.2. The van der Waals surface area contributed by atoms with Crippen molar-refractivity contribution in [2.75, 3.05) is 0 Å². The fourth-order valence-corrected chi connectivity index (χ4v) is 5.85. The molecule has 0 radical (unpaired) electrons. The average Bonchev–Trinajstić information content (AvgIpc) is 3.54. The molecule has 6 aromatic rings. The molecule has 0 aliphatic rings. The summed E-state index contributed by atoms with van der Waals surface area (Å²) >= 11 is 1.79. The van der Waals surface area contributed by atoms with Gasteiger partial charge in [0.15, 0.2) is 0 Å². The van der Waals surface area contributed by atoms with Crippen LogP contribution in [-0.2, 0) is 11.2 Å². The van der Waals surface area contributed by atoms with E-state index in [4.69, 9.17) is 4.98 Å². The third-order valence-electron chi connectivity index (χ3n) is 6.74. The zero-order chi connectivity index (χ0) is 25.2. The Morgan fingerprint density at radius 1 is 0.892 bits per heavy atom. The second-order valence-electron chi connectivity index (χ2n) is 9.27. The van der Waals surface area contributed by atoms with E-state index in [0.717, 1.165) is 33.7 Å². The molecule has 0 bridgehead atoms. The van der Waals surface area contributed by atoms with Crippen molar-refractivity contribution in [3.8, 4) is 21.7 Å². The second kappa shape index (κ2) is 10.0. The van der Waals surface area contributed by atoms with Crippen LogP contribution in [0.15, 0.2) is 109 Å². The van der Waals surface area contributed by atoms with Crippen molar-refractivity contribution in [2.24, 2.45) is 0 Å². The number of hydrogen-bond acceptors (Lipinski definition) is 3. The van der Waals surface area contributed by atoms with Gasteiger partial charge in [-0.05, 0) is 48.6 Å². The summed E-state index contributed by atoms with van der Waals surface area (Å²) in [6, 6.07) is 35.2. The number of benzene rings is 3. The highest BCUT2D eigenvalue weighted by molar-refractivity contribution is 7.22. The molecule has 0 saturated heterocycles. The van der Waals surface area contributed by atoms with E-state index in [1.807, 2.05) is 55.5 Å². The molecule has 0 fully saturated rings. The molecule has 0 aliphatic carbocycles. The Morgan fingerprint density at radius 2 is 1.62 bits per heavy atom. The summed E-state index contributed by atoms with van der Waals surface area (Å²) in [7, 11) is 0. The highest BCUT2D eigenvalue weighted by Gasteiger charge is 2.17. The van der Waals surface area contributed by atoms with Crippen LogP contribution in [0.3, 0.4) is 0 Å². The van der Waals surface area contributed by atoms with Gasteiger partial charge < -0.3 is 9.72 Å². The van der Waals surface area contributed by atoms with Crippen LogP contribution in [0.5, 0.6) is 0 Å². The Labute approximate surface area is 220 Å². The summed E-state index contributed by atoms with van der Waals surface area (Å²) in [6.45, 7) is 2.02. The van der Waals surface area contributed by atoms with Crippen LogP contribution in [0.1, 0.15) is 30.6 Å². The Hall–Kier alpha value is -4.22. The maximum atomic E-state index is 13.0. The van der Waals surface area contributed by atoms with Gasteiger partial charge in [-0.15, -0.1) is 11.3 Å². The van der Waals surface area contributed by atoms with Gasteiger partial charge in [0.2, 0.25) is 5.91 Å². The molecule has 0 unspecified atom stereocenters. The zero-order valence-electron chi connectivity index (χ0n) is 20.6. The zero-order valence-corrected chi connectivity index (χ0v) is 21.4. The smallest absolute Gasteiger partial charge is 0.220 e. The lowest BCUT2D eigenvalue weighted by atomic mass is 10.1. The van der Waals surface area contributed by atoms with Gasteiger partial charge in [-0.1, -0.05) is 78.9 Å². The van der Waals surface area contributed by atoms with E-state index in [-0.39, 0.29) is 11.9 Å². The lowest BCUT2D eigenvalue weighted by Crippen LogP contribution is -2.26. The first-order valence-corrected chi connectivity index (χ1v) is 13.4. The van der Waals surface area contributed by atoms with Crippen molar-refractivity contribution in [1.29, 1.82) is 0 Å². The first-order valence-electron chi connectivity index (χ1n) is 12.6. The molecule has 3 aromatic carbocycles. The molecule has 0 aliphatic heterocycles. The van der Waals surface area contributed by atoms with Crippen LogP contribution in [-0.4, -0.2) is 15.3 Å². The molecule has 6 rings (SSSR count). The van der Waals surface area contributed by atoms with Crippen LogP contribution in [0.4, 0.5) is 0 Å². The van der Waals surface area contributed by atoms with E-state index in [0.29, 0.717) is 12.8 Å². The van der Waals surface area contributed by atoms with Crippen molar-refractivity contribution < 1.29 is 4.79 Å². The molecule has 1 atom stereocenters. The number of aromatic nitrogens is 2. The number of amides is 1. The summed E-state index contributed by atoms with van der Waals surface area (Å²) in [5.41, 5.74) is 6.17. The molecule has 5 heteroatoms. The van der Waals surface area contributed by atoms with E-state index < -0.39 is 0 Å². The molecule has 0 spiro atoms. The van der Waals surface area contributed by atoms with Crippen LogP contribution >= 0.6 is 11.3 Å². The number of nitrogens with zero attached hydrogens (tertiary/aromatic N) is 2. The topological polar surface area (TPSA) is 46.4 Å². The number of imidazole rings is 1. The van der Waals surface area contributed by atoms with E-state index in [9.17, 15) is 4.79 Å². The quantitative estimate of drug-likeness (QED) is 0.244. The van der Waals surface area contributed by atoms with Gasteiger partial charge in [-0.3, -0.25) is 4.79 Å². The van der Waals surface area contributed by atoms with Gasteiger partial charge in [-0.25, -0.2) is 4.98 Å². The van der Waals surface area contributed by atoms with E-state index in [1.165, 1.54) is 15.0 Å². The fourth-order valence-electron chi connectivity index (χ4n) is 4.80. The highest BCUT2D eigenvalue weighted by Crippen LogP contribution is 2.34. The Bertz CT molecular complexity index is 1650. The lowest BCUT2D eigenvalue weighted by Gasteiger charge is -2.14. The SMILES string of the molecule is C[C@@H](NC(=O)CCc1c(-c2ccccc2)nc2ccc(-c3cc4ccccc4s3)cn12)c1ccccc1. The van der Waals surface area contributed by atoms with Crippen molar-refractivity contribution in [1.82, 2.24) is 14.7 Å². The van der Waals surface area contributed by atoms with E-state index >= 15 is 0 Å². The minimum Gasteiger partial charge on any atom is -0.350 e. The molecular formula is C32H27N3OS. The molecule has 1 amide bonds. The molecular weight excluding hydrogens is 474 g/mol. The molecule has 37 heavy (non-hydrogen) atoms. The number of carbonyl (C=O) groups excluding carboxylic acids is 1. The Morgan fingerprint density at radius 3 is 2.41 bits per heavy atom. The van der Waals surface area contributed by atoms with Crippen molar-refractivity contribution in [3.63, 3.8) is 0 Å². The number of fused-ring (bicyclic) bond motifs is 2. The predicted molar refractivity (Wildman–Crippen MR) is 153 cm³/mol. The van der Waals surface area contributed by atoms with Gasteiger partial charge >= 0.3 is 0 Å². The number of rotatable bonds is 7. The monoisotopic (exact) mass is 501 g/mol. The maximum Gasteiger partial charge on any atom is 0.220 e. The molecule has 3 heterocycles. The van der Waals surface area contributed by atoms with Crippen LogP contribution in [0.25, 0.3) is 37.4 Å². The summed E-state index contributed by atoms with van der Waals surface area (Å²) in [6.07, 6.45) is 3.14. The standard InChI is InChI=1S/C32H27N3OS/c1-22(23-10-4-2-5-11-23)33-31(36)19-17-27-32(24-12-6-3-7-13-24)34-30-18-16-26(21-35(27)30)29-20-25-14-8-9-15-28(25)37-29/h2-16,18,20-22H,17,19H2,1H3,(H,33,36)/t22-/m1/s1. The molecule has 182 valence electrons. The van der Waals surface area contributed by atoms with Gasteiger partial charge in [0.1, 0.15) is 5.65 Å². The Kier molecular flexibility index (Phi) is 6.29. The van der Waals surface area contributed by atoms with Crippen LogP contribution < -0.4 is 5.32 Å². The van der Waals surface area contributed by atoms with E-state index in [1.54, 1.807) is 11.3 Å². The number of hydrogen-bond donors (Lipinski definition) is 1. The van der Waals surface area contributed by atoms with Gasteiger partial charge in [0, 0.05) is 33.3 Å². The summed E-state index contributed by atoms with van der Waals surface area (Å²) in [4.78, 5) is 19.2. The van der Waals surface area contributed by atoms with E-state index in [2.05, 4.69) is 70.5 Å². The fraction of sp³-hybridized carbons (Fsp3) is 0.125. The third-order valence-corrected chi connectivity index (χ3v) is 7.91. The van der Waals surface area contributed by atoms with Gasteiger partial charge in [0.05, 0.1) is 17.4 Å². The molecule has 1 N–H and O–H groups in total. The number of pyridine rings is 1. The Balaban J connectivity index is 1.33. The minimum absolute atomic E-state index is 0.0333. The van der Waals surface area contributed by atoms with Crippen molar-refractivity contribution >= 4 is 33.0 Å². The minimum atomic E-state index is -0.0379. The average molecular weight is 502 g/mol. The van der Waals surface area contributed by atoms with Gasteiger partial charge in [-0.2, -0.15) is 0 Å². The number of nitrogens with one attached hydrogen (secondary N) is 1. The predicted octanol–water partition coefficient (Wildman–Crippen LogP) is 7.69.